The highest BCUT2D eigenvalue weighted by Gasteiger charge is 1.95. The molecule has 0 aliphatic rings. The molecule has 1 aromatic carbocycles. The van der Waals surface area contributed by atoms with Gasteiger partial charge in [-0.3, -0.25) is 0 Å². The van der Waals surface area contributed by atoms with Gasteiger partial charge in [-0.25, -0.2) is 4.98 Å². The number of aryl methyl sites for hydroxylation is 1. The average molecular weight is 200 g/mol. The number of phenols is 1. The van der Waals surface area contributed by atoms with Crippen LogP contribution >= 0.6 is 0 Å². The Morgan fingerprint density at radius 3 is 2.47 bits per heavy atom. The fraction of sp³-hybridized carbons (Fsp3) is 0.0833. The lowest BCUT2D eigenvalue weighted by atomic mass is 10.3. The highest BCUT2D eigenvalue weighted by Crippen LogP contribution is 2.17. The molecule has 3 heteroatoms. The minimum Gasteiger partial charge on any atom is -0.508 e. The van der Waals surface area contributed by atoms with E-state index in [4.69, 9.17) is 5.11 Å². The zero-order valence-electron chi connectivity index (χ0n) is 8.44. The van der Waals surface area contributed by atoms with E-state index in [0.717, 1.165) is 17.2 Å². The summed E-state index contributed by atoms with van der Waals surface area (Å²) in [6.07, 6.45) is 0. The van der Waals surface area contributed by atoms with E-state index in [9.17, 15) is 0 Å². The van der Waals surface area contributed by atoms with Crippen molar-refractivity contribution in [2.24, 2.45) is 0 Å². The van der Waals surface area contributed by atoms with Crippen LogP contribution in [0.25, 0.3) is 0 Å². The molecule has 0 bridgehead atoms. The Morgan fingerprint density at radius 1 is 1.07 bits per heavy atom. The number of pyridine rings is 1. The van der Waals surface area contributed by atoms with Crippen LogP contribution in [0.5, 0.6) is 5.75 Å². The smallest absolute Gasteiger partial charge is 0.130 e. The van der Waals surface area contributed by atoms with Gasteiger partial charge in [-0.1, -0.05) is 6.07 Å². The van der Waals surface area contributed by atoms with Crippen molar-refractivity contribution in [2.45, 2.75) is 6.92 Å². The van der Waals surface area contributed by atoms with E-state index < -0.39 is 0 Å². The predicted molar refractivity (Wildman–Crippen MR) is 60.4 cm³/mol. The van der Waals surface area contributed by atoms with Gasteiger partial charge in [-0.2, -0.15) is 0 Å². The Labute approximate surface area is 88.4 Å². The molecule has 1 heterocycles. The Kier molecular flexibility index (Phi) is 2.54. The number of phenolic OH excluding ortho intramolecular Hbond substituents is 1. The Balaban J connectivity index is 2.18. The molecule has 0 unspecified atom stereocenters. The van der Waals surface area contributed by atoms with Gasteiger partial charge in [0.25, 0.3) is 0 Å². The van der Waals surface area contributed by atoms with Gasteiger partial charge < -0.3 is 10.4 Å². The fourth-order valence-electron chi connectivity index (χ4n) is 1.31. The van der Waals surface area contributed by atoms with Gasteiger partial charge in [0, 0.05) is 11.4 Å². The highest BCUT2D eigenvalue weighted by molar-refractivity contribution is 5.56. The molecule has 0 radical (unpaired) electrons. The first-order valence-corrected chi connectivity index (χ1v) is 4.74. The summed E-state index contributed by atoms with van der Waals surface area (Å²) in [4.78, 5) is 4.32. The monoisotopic (exact) mass is 200 g/mol. The van der Waals surface area contributed by atoms with Crippen LogP contribution in [-0.2, 0) is 0 Å². The average Bonchev–Trinajstić information content (AvgIpc) is 2.22. The Hall–Kier alpha value is -2.03. The van der Waals surface area contributed by atoms with E-state index >= 15 is 0 Å². The van der Waals surface area contributed by atoms with Crippen molar-refractivity contribution >= 4 is 11.5 Å². The van der Waals surface area contributed by atoms with Gasteiger partial charge in [0.15, 0.2) is 0 Å². The molecule has 0 aliphatic carbocycles. The number of nitrogens with one attached hydrogen (secondary N) is 1. The minimum absolute atomic E-state index is 0.262. The predicted octanol–water partition coefficient (Wildman–Crippen LogP) is 2.84. The van der Waals surface area contributed by atoms with Gasteiger partial charge in [-0.15, -0.1) is 0 Å². The first-order valence-electron chi connectivity index (χ1n) is 4.74. The van der Waals surface area contributed by atoms with Gasteiger partial charge in [0.05, 0.1) is 0 Å². The molecule has 0 aliphatic heterocycles. The number of rotatable bonds is 2. The Bertz CT molecular complexity index is 451. The second-order valence-electron chi connectivity index (χ2n) is 3.34. The Morgan fingerprint density at radius 2 is 1.80 bits per heavy atom. The van der Waals surface area contributed by atoms with Crippen molar-refractivity contribution in [3.63, 3.8) is 0 Å². The zero-order valence-corrected chi connectivity index (χ0v) is 8.44. The van der Waals surface area contributed by atoms with Crippen molar-refractivity contribution in [3.05, 3.63) is 48.2 Å². The van der Waals surface area contributed by atoms with Gasteiger partial charge in [0.1, 0.15) is 11.6 Å². The molecule has 0 fully saturated rings. The van der Waals surface area contributed by atoms with Crippen molar-refractivity contribution in [2.75, 3.05) is 5.32 Å². The van der Waals surface area contributed by atoms with E-state index in [0.29, 0.717) is 0 Å². The molecule has 0 saturated carbocycles. The number of hydrogen-bond acceptors (Lipinski definition) is 3. The summed E-state index contributed by atoms with van der Waals surface area (Å²) in [5, 5.41) is 12.3. The molecule has 0 atom stereocenters. The largest absolute Gasteiger partial charge is 0.508 e. The van der Waals surface area contributed by atoms with Crippen molar-refractivity contribution in [1.82, 2.24) is 4.98 Å². The van der Waals surface area contributed by atoms with E-state index in [1.165, 1.54) is 0 Å². The lowest BCUT2D eigenvalue weighted by Crippen LogP contribution is -1.93. The zero-order chi connectivity index (χ0) is 10.7. The standard InChI is InChI=1S/C12H12N2O/c1-9-3-2-4-12(13-9)14-10-5-7-11(15)8-6-10/h2-8,15H,1H3,(H,13,14). The number of anilines is 2. The number of benzene rings is 1. The van der Waals surface area contributed by atoms with Crippen molar-refractivity contribution < 1.29 is 5.11 Å². The topological polar surface area (TPSA) is 45.1 Å². The third-order valence-corrected chi connectivity index (χ3v) is 2.03. The quantitative estimate of drug-likeness (QED) is 0.733. The second kappa shape index (κ2) is 4.00. The summed E-state index contributed by atoms with van der Waals surface area (Å²) in [5.74, 6) is 1.07. The van der Waals surface area contributed by atoms with E-state index in [1.54, 1.807) is 24.3 Å². The number of aromatic nitrogens is 1. The van der Waals surface area contributed by atoms with Crippen LogP contribution in [0.3, 0.4) is 0 Å². The van der Waals surface area contributed by atoms with Gasteiger partial charge in [0.2, 0.25) is 0 Å². The highest BCUT2D eigenvalue weighted by atomic mass is 16.3. The minimum atomic E-state index is 0.262. The van der Waals surface area contributed by atoms with E-state index in [2.05, 4.69) is 10.3 Å². The van der Waals surface area contributed by atoms with Crippen LogP contribution < -0.4 is 5.32 Å². The number of nitrogens with zero attached hydrogens (tertiary/aromatic N) is 1. The molecule has 76 valence electrons. The number of aromatic hydroxyl groups is 1. The van der Waals surface area contributed by atoms with E-state index in [-0.39, 0.29) is 5.75 Å². The van der Waals surface area contributed by atoms with Crippen LogP contribution in [0.1, 0.15) is 5.69 Å². The molecule has 2 N–H and O–H groups in total. The molecular weight excluding hydrogens is 188 g/mol. The normalized spacial score (nSPS) is 9.93. The summed E-state index contributed by atoms with van der Waals surface area (Å²) in [7, 11) is 0. The van der Waals surface area contributed by atoms with Crippen LogP contribution in [0.2, 0.25) is 0 Å². The molecule has 2 rings (SSSR count). The molecule has 15 heavy (non-hydrogen) atoms. The maximum absolute atomic E-state index is 9.12. The summed E-state index contributed by atoms with van der Waals surface area (Å²) in [5.41, 5.74) is 1.88. The summed E-state index contributed by atoms with van der Waals surface area (Å²) in [6, 6.07) is 12.7. The first kappa shape index (κ1) is 9.52. The second-order valence-corrected chi connectivity index (χ2v) is 3.34. The van der Waals surface area contributed by atoms with Crippen LogP contribution in [0.15, 0.2) is 42.5 Å². The maximum atomic E-state index is 9.12. The SMILES string of the molecule is Cc1cccc(Nc2ccc(O)cc2)n1. The molecule has 0 amide bonds. The summed E-state index contributed by atoms with van der Waals surface area (Å²) in [6.45, 7) is 1.95. The lowest BCUT2D eigenvalue weighted by molar-refractivity contribution is 0.475. The molecule has 3 nitrogen and oxygen atoms in total. The lowest BCUT2D eigenvalue weighted by Gasteiger charge is -2.05. The van der Waals surface area contributed by atoms with Crippen molar-refractivity contribution in [3.8, 4) is 5.75 Å². The first-order chi connectivity index (χ1) is 7.24. The van der Waals surface area contributed by atoms with E-state index in [1.807, 2.05) is 25.1 Å². The molecule has 0 spiro atoms. The summed E-state index contributed by atoms with van der Waals surface area (Å²) < 4.78 is 0. The van der Waals surface area contributed by atoms with Gasteiger partial charge >= 0.3 is 0 Å². The molecule has 1 aromatic heterocycles. The van der Waals surface area contributed by atoms with Crippen LogP contribution in [0.4, 0.5) is 11.5 Å². The van der Waals surface area contributed by atoms with Crippen molar-refractivity contribution in [1.29, 1.82) is 0 Å². The number of hydrogen-bond donors (Lipinski definition) is 2. The molecule has 2 aromatic rings. The van der Waals surface area contributed by atoms with Gasteiger partial charge in [-0.05, 0) is 43.3 Å². The van der Waals surface area contributed by atoms with Crippen LogP contribution in [-0.4, -0.2) is 10.1 Å². The van der Waals surface area contributed by atoms with Crippen LogP contribution in [0, 0.1) is 6.92 Å². The molecule has 0 saturated heterocycles. The molecular formula is C12H12N2O. The fourth-order valence-corrected chi connectivity index (χ4v) is 1.31. The third-order valence-electron chi connectivity index (χ3n) is 2.03. The maximum Gasteiger partial charge on any atom is 0.130 e. The summed E-state index contributed by atoms with van der Waals surface area (Å²) >= 11 is 0. The third kappa shape index (κ3) is 2.47.